The number of hydrogen-bond donors (Lipinski definition) is 1. The van der Waals surface area contributed by atoms with E-state index in [2.05, 4.69) is 31.9 Å². The molecule has 2 aromatic rings. The second kappa shape index (κ2) is 5.92. The lowest BCUT2D eigenvalue weighted by Crippen LogP contribution is -2.27. The Kier molecular flexibility index (Phi) is 4.62. The molecule has 0 heterocycles. The van der Waals surface area contributed by atoms with Crippen LogP contribution in [0.15, 0.2) is 45.3 Å². The molecule has 0 spiro atoms. The first-order chi connectivity index (χ1) is 9.31. The Morgan fingerprint density at radius 3 is 2.25 bits per heavy atom. The molecule has 0 saturated carbocycles. The summed E-state index contributed by atoms with van der Waals surface area (Å²) in [4.78, 5) is 0. The minimum absolute atomic E-state index is 0.116. The summed E-state index contributed by atoms with van der Waals surface area (Å²) in [5.74, 6) is -1.53. The van der Waals surface area contributed by atoms with E-state index in [1.807, 2.05) is 12.1 Å². The maximum absolute atomic E-state index is 14.1. The quantitative estimate of drug-likeness (QED) is 0.717. The summed E-state index contributed by atoms with van der Waals surface area (Å²) in [5, 5.41) is 10.5. The molecule has 1 N–H and O–H groups in total. The van der Waals surface area contributed by atoms with E-state index in [0.717, 1.165) is 16.1 Å². The minimum atomic E-state index is -1.63. The van der Waals surface area contributed by atoms with Gasteiger partial charge < -0.3 is 5.11 Å². The average Bonchev–Trinajstić information content (AvgIpc) is 2.37. The summed E-state index contributed by atoms with van der Waals surface area (Å²) in [6, 6.07) is 9.65. The lowest BCUT2D eigenvalue weighted by Gasteiger charge is -2.25. The highest BCUT2D eigenvalue weighted by Crippen LogP contribution is 2.33. The molecule has 0 bridgehead atoms. The number of rotatable bonds is 3. The highest BCUT2D eigenvalue weighted by Gasteiger charge is 2.31. The summed E-state index contributed by atoms with van der Waals surface area (Å²) >= 11 is 6.32. The van der Waals surface area contributed by atoms with E-state index in [-0.39, 0.29) is 16.5 Å². The summed E-state index contributed by atoms with van der Waals surface area (Å²) < 4.78 is 29.0. The van der Waals surface area contributed by atoms with Crippen molar-refractivity contribution in [3.63, 3.8) is 0 Å². The van der Waals surface area contributed by atoms with Gasteiger partial charge in [0.05, 0.1) is 15.6 Å². The topological polar surface area (TPSA) is 20.2 Å². The number of benzene rings is 2. The van der Waals surface area contributed by atoms with E-state index in [1.54, 1.807) is 12.1 Å². The molecule has 0 fully saturated rings. The summed E-state index contributed by atoms with van der Waals surface area (Å²) in [6.45, 7) is 1.41. The number of aliphatic hydroxyl groups is 1. The predicted octanol–water partition coefficient (Wildman–Crippen LogP) is 4.94. The van der Waals surface area contributed by atoms with Crippen molar-refractivity contribution in [3.05, 3.63) is 68.1 Å². The lowest BCUT2D eigenvalue weighted by atomic mass is 9.88. The van der Waals surface area contributed by atoms with Crippen molar-refractivity contribution in [2.24, 2.45) is 0 Å². The Morgan fingerprint density at radius 2 is 1.65 bits per heavy atom. The van der Waals surface area contributed by atoms with Crippen molar-refractivity contribution in [2.45, 2.75) is 18.9 Å². The van der Waals surface area contributed by atoms with Gasteiger partial charge in [-0.2, -0.15) is 0 Å². The SMILES string of the molecule is CC(O)(Cc1ccc(Br)cc1)c1c(F)ccc(Br)c1F. The maximum Gasteiger partial charge on any atom is 0.146 e. The van der Waals surface area contributed by atoms with Gasteiger partial charge in [0.2, 0.25) is 0 Å². The van der Waals surface area contributed by atoms with Crippen LogP contribution in [0.1, 0.15) is 18.1 Å². The van der Waals surface area contributed by atoms with E-state index in [0.29, 0.717) is 0 Å². The minimum Gasteiger partial charge on any atom is -0.385 e. The van der Waals surface area contributed by atoms with Crippen LogP contribution in [0.25, 0.3) is 0 Å². The van der Waals surface area contributed by atoms with Gasteiger partial charge in [-0.1, -0.05) is 28.1 Å². The third-order valence-electron chi connectivity index (χ3n) is 3.04. The van der Waals surface area contributed by atoms with Gasteiger partial charge in [-0.3, -0.25) is 0 Å². The Balaban J connectivity index is 2.40. The van der Waals surface area contributed by atoms with Crippen molar-refractivity contribution in [1.29, 1.82) is 0 Å². The van der Waals surface area contributed by atoms with E-state index in [4.69, 9.17) is 0 Å². The van der Waals surface area contributed by atoms with Gasteiger partial charge in [0.25, 0.3) is 0 Å². The molecular formula is C15H12Br2F2O. The van der Waals surface area contributed by atoms with Crippen molar-refractivity contribution in [3.8, 4) is 0 Å². The zero-order valence-electron chi connectivity index (χ0n) is 10.6. The maximum atomic E-state index is 14.1. The van der Waals surface area contributed by atoms with Gasteiger partial charge in [-0.15, -0.1) is 0 Å². The molecule has 2 rings (SSSR count). The first kappa shape index (κ1) is 15.6. The number of hydrogen-bond acceptors (Lipinski definition) is 1. The molecule has 5 heteroatoms. The fourth-order valence-electron chi connectivity index (χ4n) is 2.11. The fourth-order valence-corrected chi connectivity index (χ4v) is 2.70. The summed E-state index contributed by atoms with van der Waals surface area (Å²) in [5.41, 5.74) is -1.17. The van der Waals surface area contributed by atoms with Gasteiger partial charge in [0.1, 0.15) is 11.6 Å². The zero-order chi connectivity index (χ0) is 14.9. The molecule has 2 aromatic carbocycles. The fraction of sp³-hybridized carbons (Fsp3) is 0.200. The van der Waals surface area contributed by atoms with Crippen LogP contribution in [0.5, 0.6) is 0 Å². The van der Waals surface area contributed by atoms with Crippen LogP contribution in [-0.2, 0) is 12.0 Å². The highest BCUT2D eigenvalue weighted by molar-refractivity contribution is 9.10. The van der Waals surface area contributed by atoms with Crippen LogP contribution >= 0.6 is 31.9 Å². The van der Waals surface area contributed by atoms with E-state index in [1.165, 1.54) is 13.0 Å². The monoisotopic (exact) mass is 404 g/mol. The molecule has 1 nitrogen and oxygen atoms in total. The molecule has 0 aliphatic rings. The van der Waals surface area contributed by atoms with E-state index < -0.39 is 17.2 Å². The molecule has 1 unspecified atom stereocenters. The van der Waals surface area contributed by atoms with Crippen LogP contribution < -0.4 is 0 Å². The predicted molar refractivity (Wildman–Crippen MR) is 81.5 cm³/mol. The standard InChI is InChI=1S/C15H12Br2F2O/c1-15(20,8-9-2-4-10(16)5-3-9)13-12(18)7-6-11(17)14(13)19/h2-7,20H,8H2,1H3. The van der Waals surface area contributed by atoms with Gasteiger partial charge in [0, 0.05) is 10.9 Å². The van der Waals surface area contributed by atoms with Gasteiger partial charge in [0.15, 0.2) is 0 Å². The molecular weight excluding hydrogens is 394 g/mol. The van der Waals surface area contributed by atoms with E-state index in [9.17, 15) is 13.9 Å². The zero-order valence-corrected chi connectivity index (χ0v) is 13.8. The Hall–Kier alpha value is -0.780. The normalized spacial score (nSPS) is 14.1. The number of halogens is 4. The highest BCUT2D eigenvalue weighted by atomic mass is 79.9. The van der Waals surface area contributed by atoms with Crippen LogP contribution in [0.2, 0.25) is 0 Å². The van der Waals surface area contributed by atoms with Crippen LogP contribution in [0.3, 0.4) is 0 Å². The van der Waals surface area contributed by atoms with Crippen LogP contribution in [0, 0.1) is 11.6 Å². The van der Waals surface area contributed by atoms with Crippen LogP contribution in [-0.4, -0.2) is 5.11 Å². The van der Waals surface area contributed by atoms with Crippen molar-refractivity contribution < 1.29 is 13.9 Å². The molecule has 0 aromatic heterocycles. The second-order valence-electron chi connectivity index (χ2n) is 4.80. The average molecular weight is 406 g/mol. The first-order valence-corrected chi connectivity index (χ1v) is 7.50. The summed E-state index contributed by atoms with van der Waals surface area (Å²) in [7, 11) is 0. The molecule has 0 aliphatic heterocycles. The lowest BCUT2D eigenvalue weighted by molar-refractivity contribution is 0.0496. The smallest absolute Gasteiger partial charge is 0.146 e. The van der Waals surface area contributed by atoms with Gasteiger partial charge in [-0.25, -0.2) is 8.78 Å². The van der Waals surface area contributed by atoms with E-state index >= 15 is 0 Å². The van der Waals surface area contributed by atoms with Gasteiger partial charge in [-0.05, 0) is 52.7 Å². The largest absolute Gasteiger partial charge is 0.385 e. The Morgan fingerprint density at radius 1 is 1.05 bits per heavy atom. The Bertz CT molecular complexity index is 625. The third kappa shape index (κ3) is 3.27. The molecule has 0 amide bonds. The van der Waals surface area contributed by atoms with Crippen molar-refractivity contribution in [2.75, 3.05) is 0 Å². The molecule has 20 heavy (non-hydrogen) atoms. The molecule has 106 valence electrons. The second-order valence-corrected chi connectivity index (χ2v) is 6.57. The van der Waals surface area contributed by atoms with Crippen molar-refractivity contribution >= 4 is 31.9 Å². The molecule has 0 radical (unpaired) electrons. The Labute approximate surface area is 132 Å². The third-order valence-corrected chi connectivity index (χ3v) is 4.19. The molecule has 0 aliphatic carbocycles. The van der Waals surface area contributed by atoms with Gasteiger partial charge >= 0.3 is 0 Å². The summed E-state index contributed by atoms with van der Waals surface area (Å²) in [6.07, 6.45) is 0.116. The van der Waals surface area contributed by atoms with Crippen molar-refractivity contribution in [1.82, 2.24) is 0 Å². The van der Waals surface area contributed by atoms with Crippen LogP contribution in [0.4, 0.5) is 8.78 Å². The first-order valence-electron chi connectivity index (χ1n) is 5.92. The molecule has 1 atom stereocenters. The molecule has 0 saturated heterocycles.